The standard InChI is InChI=1S/C21H26O5/c1-3-25-18-16(12-22)4-5-17(19(18)24-2)26-20(23)21-9-13-6-14(10-21)8-15(7-13)11-21/h4-5,12-15H,3,6-11H2,1-2H3. The van der Waals surface area contributed by atoms with Gasteiger partial charge in [0.25, 0.3) is 0 Å². The maximum absolute atomic E-state index is 13.2. The molecule has 0 heterocycles. The van der Waals surface area contributed by atoms with Crippen molar-refractivity contribution in [2.45, 2.75) is 45.4 Å². The molecule has 0 saturated heterocycles. The number of carbonyl (C=O) groups is 2. The van der Waals surface area contributed by atoms with Crippen LogP contribution in [0.25, 0.3) is 0 Å². The van der Waals surface area contributed by atoms with Gasteiger partial charge < -0.3 is 14.2 Å². The van der Waals surface area contributed by atoms with Crippen LogP contribution < -0.4 is 14.2 Å². The molecule has 4 fully saturated rings. The van der Waals surface area contributed by atoms with Crippen LogP contribution in [0.5, 0.6) is 17.2 Å². The fourth-order valence-corrected chi connectivity index (χ4v) is 5.79. The maximum atomic E-state index is 13.2. The molecule has 0 aromatic heterocycles. The summed E-state index contributed by atoms with van der Waals surface area (Å²) in [4.78, 5) is 24.5. The van der Waals surface area contributed by atoms with Gasteiger partial charge in [0.05, 0.1) is 24.7 Å². The zero-order chi connectivity index (χ0) is 18.3. The quantitative estimate of drug-likeness (QED) is 0.436. The zero-order valence-corrected chi connectivity index (χ0v) is 15.5. The van der Waals surface area contributed by atoms with Crippen LogP contribution in [0.15, 0.2) is 12.1 Å². The van der Waals surface area contributed by atoms with Crippen LogP contribution in [0.2, 0.25) is 0 Å². The molecule has 0 spiro atoms. The van der Waals surface area contributed by atoms with Gasteiger partial charge in [-0.3, -0.25) is 9.59 Å². The molecule has 4 aliphatic carbocycles. The molecule has 0 radical (unpaired) electrons. The average molecular weight is 358 g/mol. The highest BCUT2D eigenvalue weighted by atomic mass is 16.6. The minimum Gasteiger partial charge on any atom is -0.490 e. The summed E-state index contributed by atoms with van der Waals surface area (Å²) in [6.07, 6.45) is 7.40. The monoisotopic (exact) mass is 358 g/mol. The van der Waals surface area contributed by atoms with Crippen molar-refractivity contribution < 1.29 is 23.8 Å². The van der Waals surface area contributed by atoms with Gasteiger partial charge >= 0.3 is 5.97 Å². The Morgan fingerprint density at radius 1 is 1.12 bits per heavy atom. The first-order valence-corrected chi connectivity index (χ1v) is 9.59. The Bertz CT molecular complexity index is 688. The fourth-order valence-electron chi connectivity index (χ4n) is 5.79. The summed E-state index contributed by atoms with van der Waals surface area (Å²) in [6.45, 7) is 2.23. The molecule has 5 nitrogen and oxygen atoms in total. The first-order valence-electron chi connectivity index (χ1n) is 9.59. The molecule has 0 atom stereocenters. The first kappa shape index (κ1) is 17.4. The van der Waals surface area contributed by atoms with E-state index in [1.807, 2.05) is 6.92 Å². The normalized spacial score (nSPS) is 31.5. The van der Waals surface area contributed by atoms with Crippen molar-refractivity contribution >= 4 is 12.3 Å². The molecule has 5 heteroatoms. The van der Waals surface area contributed by atoms with Gasteiger partial charge in [-0.15, -0.1) is 0 Å². The van der Waals surface area contributed by atoms with Gasteiger partial charge in [-0.1, -0.05) is 0 Å². The predicted molar refractivity (Wildman–Crippen MR) is 95.8 cm³/mol. The number of hydrogen-bond acceptors (Lipinski definition) is 5. The van der Waals surface area contributed by atoms with Crippen molar-refractivity contribution in [1.29, 1.82) is 0 Å². The van der Waals surface area contributed by atoms with Gasteiger partial charge in [-0.05, 0) is 75.3 Å². The summed E-state index contributed by atoms with van der Waals surface area (Å²) in [7, 11) is 1.49. The third-order valence-corrected chi connectivity index (χ3v) is 6.40. The van der Waals surface area contributed by atoms with E-state index in [-0.39, 0.29) is 11.4 Å². The van der Waals surface area contributed by atoms with E-state index < -0.39 is 0 Å². The Morgan fingerprint density at radius 3 is 2.23 bits per heavy atom. The van der Waals surface area contributed by atoms with Crippen LogP contribution >= 0.6 is 0 Å². The second-order valence-electron chi connectivity index (χ2n) is 8.15. The fraction of sp³-hybridized carbons (Fsp3) is 0.619. The van der Waals surface area contributed by atoms with Crippen LogP contribution in [0.3, 0.4) is 0 Å². The van der Waals surface area contributed by atoms with Gasteiger partial charge in [0.15, 0.2) is 17.8 Å². The van der Waals surface area contributed by atoms with Crippen molar-refractivity contribution in [1.82, 2.24) is 0 Å². The summed E-state index contributed by atoms with van der Waals surface area (Å²) in [5.41, 5.74) is 0.0489. The number of rotatable bonds is 6. The Hall–Kier alpha value is -2.04. The molecule has 0 aliphatic heterocycles. The molecule has 4 bridgehead atoms. The third kappa shape index (κ3) is 2.78. The Morgan fingerprint density at radius 2 is 1.73 bits per heavy atom. The molecule has 1 aromatic carbocycles. The van der Waals surface area contributed by atoms with Crippen LogP contribution in [-0.4, -0.2) is 26.0 Å². The molecule has 0 unspecified atom stereocenters. The minimum absolute atomic E-state index is 0.142. The molecule has 4 aliphatic rings. The molecule has 140 valence electrons. The van der Waals surface area contributed by atoms with Crippen LogP contribution in [-0.2, 0) is 4.79 Å². The highest BCUT2D eigenvalue weighted by Gasteiger charge is 2.55. The van der Waals surface area contributed by atoms with Gasteiger partial charge in [-0.25, -0.2) is 0 Å². The summed E-state index contributed by atoms with van der Waals surface area (Å²) in [5, 5.41) is 0. The molecular formula is C21H26O5. The van der Waals surface area contributed by atoms with Crippen LogP contribution in [0.1, 0.15) is 55.8 Å². The number of hydrogen-bond donors (Lipinski definition) is 0. The van der Waals surface area contributed by atoms with Gasteiger partial charge in [0.2, 0.25) is 5.75 Å². The lowest BCUT2D eigenvalue weighted by Crippen LogP contribution is -2.51. The Labute approximate surface area is 154 Å². The molecular weight excluding hydrogens is 332 g/mol. The lowest BCUT2D eigenvalue weighted by atomic mass is 9.49. The Kier molecular flexibility index (Phi) is 4.41. The third-order valence-electron chi connectivity index (χ3n) is 6.40. The van der Waals surface area contributed by atoms with E-state index in [0.717, 1.165) is 25.5 Å². The number of benzene rings is 1. The van der Waals surface area contributed by atoms with Crippen molar-refractivity contribution in [3.05, 3.63) is 17.7 Å². The lowest BCUT2D eigenvalue weighted by molar-refractivity contribution is -0.161. The van der Waals surface area contributed by atoms with Gasteiger partial charge in [0, 0.05) is 0 Å². The van der Waals surface area contributed by atoms with Gasteiger partial charge in [-0.2, -0.15) is 0 Å². The summed E-state index contributed by atoms with van der Waals surface area (Å²) in [6, 6.07) is 3.24. The molecule has 0 amide bonds. The van der Waals surface area contributed by atoms with E-state index >= 15 is 0 Å². The molecule has 26 heavy (non-hydrogen) atoms. The topological polar surface area (TPSA) is 61.8 Å². The molecule has 1 aromatic rings. The highest BCUT2D eigenvalue weighted by molar-refractivity contribution is 5.85. The minimum atomic E-state index is -0.338. The number of methoxy groups -OCH3 is 1. The second-order valence-corrected chi connectivity index (χ2v) is 8.15. The number of aldehydes is 1. The lowest BCUT2D eigenvalue weighted by Gasteiger charge is -2.55. The molecule has 5 rings (SSSR count). The largest absolute Gasteiger partial charge is 0.490 e. The molecule has 4 saturated carbocycles. The highest BCUT2D eigenvalue weighted by Crippen LogP contribution is 2.60. The van der Waals surface area contributed by atoms with E-state index in [4.69, 9.17) is 14.2 Å². The van der Waals surface area contributed by atoms with Crippen LogP contribution in [0, 0.1) is 23.2 Å². The summed E-state index contributed by atoms with van der Waals surface area (Å²) >= 11 is 0. The number of ether oxygens (including phenoxy) is 3. The van der Waals surface area contributed by atoms with E-state index in [0.29, 0.717) is 47.2 Å². The predicted octanol–water partition coefficient (Wildman–Crippen LogP) is 4.03. The van der Waals surface area contributed by atoms with E-state index in [1.165, 1.54) is 26.4 Å². The van der Waals surface area contributed by atoms with E-state index in [2.05, 4.69) is 0 Å². The van der Waals surface area contributed by atoms with Crippen LogP contribution in [0.4, 0.5) is 0 Å². The van der Waals surface area contributed by atoms with E-state index in [9.17, 15) is 9.59 Å². The van der Waals surface area contributed by atoms with Crippen molar-refractivity contribution in [3.8, 4) is 17.2 Å². The maximum Gasteiger partial charge on any atom is 0.317 e. The summed E-state index contributed by atoms with van der Waals surface area (Å²) < 4.78 is 16.9. The second kappa shape index (κ2) is 6.60. The zero-order valence-electron chi connectivity index (χ0n) is 15.5. The first-order chi connectivity index (χ1) is 12.6. The van der Waals surface area contributed by atoms with E-state index in [1.54, 1.807) is 12.1 Å². The van der Waals surface area contributed by atoms with Crippen molar-refractivity contribution in [2.75, 3.05) is 13.7 Å². The molecule has 0 N–H and O–H groups in total. The van der Waals surface area contributed by atoms with Gasteiger partial charge in [0.1, 0.15) is 0 Å². The average Bonchev–Trinajstić information content (AvgIpc) is 2.61. The Balaban J connectivity index is 1.62. The SMILES string of the molecule is CCOc1c(C=O)ccc(OC(=O)C23CC4CC(CC(C4)C2)C3)c1OC. The smallest absolute Gasteiger partial charge is 0.317 e. The van der Waals surface area contributed by atoms with Crippen molar-refractivity contribution in [2.24, 2.45) is 23.2 Å². The summed E-state index contributed by atoms with van der Waals surface area (Å²) in [5.74, 6) is 2.86. The van der Waals surface area contributed by atoms with Crippen molar-refractivity contribution in [3.63, 3.8) is 0 Å². The number of esters is 1. The number of carbonyl (C=O) groups excluding carboxylic acids is 2.